The molecule has 122 valence electrons. The molecule has 1 spiro atoms. The zero-order valence-electron chi connectivity index (χ0n) is 13.0. The van der Waals surface area contributed by atoms with Crippen LogP contribution in [-0.2, 0) is 4.74 Å². The molecule has 24 heavy (non-hydrogen) atoms. The number of hydrogen-bond acceptors (Lipinski definition) is 4. The predicted octanol–water partition coefficient (Wildman–Crippen LogP) is 3.84. The molecule has 3 heterocycles. The number of aromatic nitrogens is 3. The first-order valence-electron chi connectivity index (χ1n) is 8.07. The topological polar surface area (TPSA) is 60.0 Å². The van der Waals surface area contributed by atoms with Crippen LogP contribution in [0.5, 0.6) is 6.01 Å². The van der Waals surface area contributed by atoms with Crippen LogP contribution < -0.4 is 4.74 Å². The maximum atomic E-state index is 6.39. The number of nitrogens with zero attached hydrogens (tertiary/aromatic N) is 2. The Bertz CT molecular complexity index is 897. The molecule has 5 nitrogen and oxygen atoms in total. The Hall–Kier alpha value is -2.11. The van der Waals surface area contributed by atoms with Crippen LogP contribution in [0.25, 0.3) is 22.4 Å². The first kappa shape index (κ1) is 14.3. The van der Waals surface area contributed by atoms with Crippen molar-refractivity contribution in [2.75, 3.05) is 13.2 Å². The number of rotatable bonds is 3. The Labute approximate surface area is 144 Å². The molecular formula is C18H16ClN3O2. The summed E-state index contributed by atoms with van der Waals surface area (Å²) in [6.45, 7) is 1.73. The summed E-state index contributed by atoms with van der Waals surface area (Å²) in [5.41, 5.74) is 3.49. The number of H-pyrrole nitrogens is 1. The average molecular weight is 342 g/mol. The largest absolute Gasteiger partial charge is 0.461 e. The third kappa shape index (κ3) is 2.27. The molecule has 1 aliphatic carbocycles. The lowest BCUT2D eigenvalue weighted by Gasteiger charge is -2.52. The zero-order chi connectivity index (χ0) is 16.1. The van der Waals surface area contributed by atoms with Crippen molar-refractivity contribution in [1.82, 2.24) is 15.0 Å². The molecule has 0 radical (unpaired) electrons. The zero-order valence-corrected chi connectivity index (χ0v) is 13.7. The molecule has 2 aromatic heterocycles. The number of aromatic amines is 1. The van der Waals surface area contributed by atoms with Gasteiger partial charge in [-0.15, -0.1) is 0 Å². The molecule has 2 aliphatic rings. The lowest BCUT2D eigenvalue weighted by molar-refractivity contribution is -0.192. The summed E-state index contributed by atoms with van der Waals surface area (Å²) < 4.78 is 11.2. The summed E-state index contributed by atoms with van der Waals surface area (Å²) in [5.74, 6) is 0. The number of benzene rings is 1. The van der Waals surface area contributed by atoms with Gasteiger partial charge in [0.2, 0.25) is 0 Å². The van der Waals surface area contributed by atoms with Gasteiger partial charge in [-0.25, -0.2) is 4.98 Å². The van der Waals surface area contributed by atoms with Gasteiger partial charge in [-0.2, -0.15) is 4.98 Å². The van der Waals surface area contributed by atoms with E-state index in [1.165, 1.54) is 0 Å². The third-order valence-electron chi connectivity index (χ3n) is 4.87. The van der Waals surface area contributed by atoms with Crippen LogP contribution in [0.4, 0.5) is 0 Å². The first-order valence-corrected chi connectivity index (χ1v) is 8.45. The van der Waals surface area contributed by atoms with Crippen LogP contribution in [-0.4, -0.2) is 34.3 Å². The Morgan fingerprint density at radius 1 is 1.17 bits per heavy atom. The predicted molar refractivity (Wildman–Crippen MR) is 91.2 cm³/mol. The lowest BCUT2D eigenvalue weighted by atomic mass is 9.65. The van der Waals surface area contributed by atoms with E-state index in [4.69, 9.17) is 21.1 Å². The Morgan fingerprint density at radius 3 is 2.67 bits per heavy atom. The second kappa shape index (κ2) is 5.19. The monoisotopic (exact) mass is 341 g/mol. The minimum atomic E-state index is 0.207. The Kier molecular flexibility index (Phi) is 3.08. The van der Waals surface area contributed by atoms with Crippen molar-refractivity contribution in [3.63, 3.8) is 0 Å². The minimum absolute atomic E-state index is 0.207. The van der Waals surface area contributed by atoms with Crippen LogP contribution in [0.2, 0.25) is 5.02 Å². The summed E-state index contributed by atoms with van der Waals surface area (Å²) in [7, 11) is 0. The summed E-state index contributed by atoms with van der Waals surface area (Å²) >= 11 is 6.39. The fourth-order valence-corrected chi connectivity index (χ4v) is 3.78. The highest BCUT2D eigenvalue weighted by Crippen LogP contribution is 2.48. The van der Waals surface area contributed by atoms with E-state index in [9.17, 15) is 0 Å². The standard InChI is InChI=1S/C18H16ClN3O2/c19-13-6-14-16(21-15(13)11-4-2-1-3-5-11)22-17(20-14)24-12-7-18(8-12)9-23-10-18/h1-6,12H,7-10H2,(H,20,21,22). The van der Waals surface area contributed by atoms with Gasteiger partial charge in [-0.05, 0) is 18.9 Å². The number of imidazole rings is 1. The van der Waals surface area contributed by atoms with Gasteiger partial charge in [0.05, 0.1) is 29.4 Å². The van der Waals surface area contributed by atoms with Crippen molar-refractivity contribution >= 4 is 22.8 Å². The van der Waals surface area contributed by atoms with Crippen molar-refractivity contribution in [3.05, 3.63) is 41.4 Å². The van der Waals surface area contributed by atoms with Gasteiger partial charge in [0, 0.05) is 11.0 Å². The fraction of sp³-hybridized carbons (Fsp3) is 0.333. The number of hydrogen-bond donors (Lipinski definition) is 1. The molecule has 1 saturated heterocycles. The first-order chi connectivity index (χ1) is 11.7. The molecule has 2 fully saturated rings. The van der Waals surface area contributed by atoms with Crippen molar-refractivity contribution in [2.24, 2.45) is 5.41 Å². The molecule has 3 aromatic rings. The SMILES string of the molecule is Clc1cc2[nH]c(OC3CC4(COC4)C3)nc2nc1-c1ccccc1. The maximum Gasteiger partial charge on any atom is 0.296 e. The van der Waals surface area contributed by atoms with Gasteiger partial charge in [0.25, 0.3) is 6.01 Å². The van der Waals surface area contributed by atoms with Crippen molar-refractivity contribution in [3.8, 4) is 17.3 Å². The van der Waals surface area contributed by atoms with Gasteiger partial charge < -0.3 is 14.5 Å². The molecule has 5 rings (SSSR count). The molecule has 1 aliphatic heterocycles. The molecule has 1 aromatic carbocycles. The van der Waals surface area contributed by atoms with Gasteiger partial charge >= 0.3 is 0 Å². The number of pyridine rings is 1. The number of nitrogens with one attached hydrogen (secondary N) is 1. The van der Waals surface area contributed by atoms with Gasteiger partial charge in [0.1, 0.15) is 6.10 Å². The number of fused-ring (bicyclic) bond motifs is 1. The smallest absolute Gasteiger partial charge is 0.296 e. The normalized spacial score (nSPS) is 19.2. The van der Waals surface area contributed by atoms with E-state index in [0.717, 1.165) is 42.8 Å². The van der Waals surface area contributed by atoms with E-state index in [1.54, 1.807) is 0 Å². The van der Waals surface area contributed by atoms with Gasteiger partial charge in [-0.3, -0.25) is 0 Å². The van der Waals surface area contributed by atoms with E-state index in [2.05, 4.69) is 15.0 Å². The van der Waals surface area contributed by atoms with E-state index in [0.29, 0.717) is 22.1 Å². The lowest BCUT2D eigenvalue weighted by Crippen LogP contribution is -2.56. The average Bonchev–Trinajstić information content (AvgIpc) is 2.90. The highest BCUT2D eigenvalue weighted by Gasteiger charge is 2.51. The molecule has 1 N–H and O–H groups in total. The van der Waals surface area contributed by atoms with Crippen molar-refractivity contribution in [1.29, 1.82) is 0 Å². The second-order valence-electron chi connectivity index (χ2n) is 6.74. The van der Waals surface area contributed by atoms with Crippen LogP contribution in [0.15, 0.2) is 36.4 Å². The number of ether oxygens (including phenoxy) is 2. The van der Waals surface area contributed by atoms with E-state index >= 15 is 0 Å². The fourth-order valence-electron chi connectivity index (χ4n) is 3.52. The molecule has 1 saturated carbocycles. The minimum Gasteiger partial charge on any atom is -0.461 e. The molecule has 0 bridgehead atoms. The van der Waals surface area contributed by atoms with Crippen LogP contribution in [0.3, 0.4) is 0 Å². The molecule has 0 atom stereocenters. The van der Waals surface area contributed by atoms with Crippen molar-refractivity contribution in [2.45, 2.75) is 18.9 Å². The van der Waals surface area contributed by atoms with E-state index in [-0.39, 0.29) is 6.10 Å². The van der Waals surface area contributed by atoms with Crippen LogP contribution in [0, 0.1) is 5.41 Å². The van der Waals surface area contributed by atoms with Gasteiger partial charge in [-0.1, -0.05) is 41.9 Å². The molecule has 0 unspecified atom stereocenters. The third-order valence-corrected chi connectivity index (χ3v) is 5.16. The highest BCUT2D eigenvalue weighted by molar-refractivity contribution is 6.33. The Balaban J connectivity index is 1.41. The maximum absolute atomic E-state index is 6.39. The van der Waals surface area contributed by atoms with E-state index in [1.807, 2.05) is 36.4 Å². The summed E-state index contributed by atoms with van der Waals surface area (Å²) in [6, 6.07) is 12.2. The molecule has 0 amide bonds. The van der Waals surface area contributed by atoms with Crippen molar-refractivity contribution < 1.29 is 9.47 Å². The van der Waals surface area contributed by atoms with Gasteiger partial charge in [0.15, 0.2) is 5.65 Å². The summed E-state index contributed by atoms with van der Waals surface area (Å²) in [4.78, 5) is 12.2. The second-order valence-corrected chi connectivity index (χ2v) is 7.15. The van der Waals surface area contributed by atoms with Crippen LogP contribution >= 0.6 is 11.6 Å². The van der Waals surface area contributed by atoms with E-state index < -0.39 is 0 Å². The summed E-state index contributed by atoms with van der Waals surface area (Å²) in [6.07, 6.45) is 2.28. The molecular weight excluding hydrogens is 326 g/mol. The number of halogens is 1. The Morgan fingerprint density at radius 2 is 1.96 bits per heavy atom. The quantitative estimate of drug-likeness (QED) is 0.786. The van der Waals surface area contributed by atoms with Crippen LogP contribution in [0.1, 0.15) is 12.8 Å². The highest BCUT2D eigenvalue weighted by atomic mass is 35.5. The summed E-state index contributed by atoms with van der Waals surface area (Å²) in [5, 5.41) is 0.595. The molecule has 6 heteroatoms.